The lowest BCUT2D eigenvalue weighted by atomic mass is 9.77. The molecule has 0 aromatic carbocycles. The van der Waals surface area contributed by atoms with Gasteiger partial charge in [0.1, 0.15) is 0 Å². The molecule has 0 saturated carbocycles. The number of hydrogen-bond acceptors (Lipinski definition) is 1. The number of fused-ring (bicyclic) bond motifs is 1. The lowest BCUT2D eigenvalue weighted by molar-refractivity contribution is 0.172. The summed E-state index contributed by atoms with van der Waals surface area (Å²) >= 11 is 0. The van der Waals surface area contributed by atoms with Crippen LogP contribution in [-0.4, -0.2) is 16.5 Å². The van der Waals surface area contributed by atoms with E-state index in [-0.39, 0.29) is 11.0 Å². The number of rotatable bonds is 0. The van der Waals surface area contributed by atoms with Gasteiger partial charge >= 0.3 is 0 Å². The fourth-order valence-electron chi connectivity index (χ4n) is 2.81. The lowest BCUT2D eigenvalue weighted by Crippen LogP contribution is -2.43. The van der Waals surface area contributed by atoms with Crippen molar-refractivity contribution in [1.29, 1.82) is 0 Å². The van der Waals surface area contributed by atoms with Gasteiger partial charge in [0.25, 0.3) is 0 Å². The van der Waals surface area contributed by atoms with Gasteiger partial charge in [0.05, 0.1) is 6.04 Å². The van der Waals surface area contributed by atoms with Gasteiger partial charge in [0.2, 0.25) is 0 Å². The molecule has 1 nitrogen and oxygen atoms in total. The zero-order valence-corrected chi connectivity index (χ0v) is 12.0. The first-order valence-corrected chi connectivity index (χ1v) is 6.57. The second-order valence-corrected chi connectivity index (χ2v) is 7.20. The minimum Gasteiger partial charge on any atom is -0.365 e. The topological polar surface area (TPSA) is 3.24 Å². The molecule has 0 aromatic heterocycles. The first-order valence-electron chi connectivity index (χ1n) is 6.57. The zero-order chi connectivity index (χ0) is 12.8. The molecular weight excluding hydrogens is 206 g/mol. The molecule has 0 amide bonds. The Morgan fingerprint density at radius 2 is 1.53 bits per heavy atom. The van der Waals surface area contributed by atoms with E-state index in [1.54, 1.807) is 5.57 Å². The molecule has 0 saturated heterocycles. The van der Waals surface area contributed by atoms with Crippen LogP contribution >= 0.6 is 0 Å². The van der Waals surface area contributed by atoms with Crippen molar-refractivity contribution in [2.45, 2.75) is 53.1 Å². The standard InChI is InChI=1S/C16H25N/c1-15(2,3)13-11-17(16(4,5)6)14-10-8-7-9-12(13)14/h7-12,14H,1-6H3. The van der Waals surface area contributed by atoms with Crippen molar-refractivity contribution in [2.24, 2.45) is 11.3 Å². The van der Waals surface area contributed by atoms with Crippen LogP contribution in [0.3, 0.4) is 0 Å². The van der Waals surface area contributed by atoms with Crippen LogP contribution in [0.4, 0.5) is 0 Å². The second kappa shape index (κ2) is 3.76. The second-order valence-electron chi connectivity index (χ2n) is 7.20. The summed E-state index contributed by atoms with van der Waals surface area (Å²) in [4.78, 5) is 2.51. The van der Waals surface area contributed by atoms with Crippen LogP contribution in [0.2, 0.25) is 0 Å². The summed E-state index contributed by atoms with van der Waals surface area (Å²) in [5, 5.41) is 0. The average molecular weight is 231 g/mol. The predicted octanol–water partition coefficient (Wildman–Crippen LogP) is 4.14. The van der Waals surface area contributed by atoms with Crippen molar-refractivity contribution in [2.75, 3.05) is 0 Å². The molecule has 2 aliphatic rings. The lowest BCUT2D eigenvalue weighted by Gasteiger charge is -2.39. The molecule has 17 heavy (non-hydrogen) atoms. The average Bonchev–Trinajstić information content (AvgIpc) is 2.55. The number of nitrogens with zero attached hydrogens (tertiary/aromatic N) is 1. The zero-order valence-electron chi connectivity index (χ0n) is 12.0. The Labute approximate surface area is 106 Å². The molecule has 1 heteroatoms. The van der Waals surface area contributed by atoms with Crippen LogP contribution in [0.15, 0.2) is 36.1 Å². The SMILES string of the molecule is CC(C)(C)C1=CN(C(C)(C)C)C2C=CC=CC12. The fourth-order valence-corrected chi connectivity index (χ4v) is 2.81. The Balaban J connectivity index is 2.41. The van der Waals surface area contributed by atoms with Crippen molar-refractivity contribution < 1.29 is 0 Å². The Hall–Kier alpha value is -0.980. The quantitative estimate of drug-likeness (QED) is 0.605. The molecule has 1 heterocycles. The van der Waals surface area contributed by atoms with Gasteiger partial charge in [-0.05, 0) is 31.8 Å². The molecule has 0 fully saturated rings. The van der Waals surface area contributed by atoms with Gasteiger partial charge in [0, 0.05) is 17.7 Å². The highest BCUT2D eigenvalue weighted by molar-refractivity contribution is 5.35. The van der Waals surface area contributed by atoms with Crippen LogP contribution in [-0.2, 0) is 0 Å². The molecule has 2 atom stereocenters. The highest BCUT2D eigenvalue weighted by atomic mass is 15.2. The highest BCUT2D eigenvalue weighted by Crippen LogP contribution is 2.44. The number of hydrogen-bond donors (Lipinski definition) is 0. The van der Waals surface area contributed by atoms with Gasteiger partial charge in [-0.15, -0.1) is 0 Å². The Kier molecular flexibility index (Phi) is 2.76. The number of allylic oxidation sites excluding steroid dienone is 2. The third kappa shape index (κ3) is 2.20. The van der Waals surface area contributed by atoms with Gasteiger partial charge in [-0.1, -0.05) is 45.1 Å². The van der Waals surface area contributed by atoms with Crippen LogP contribution in [0, 0.1) is 11.3 Å². The molecular formula is C16H25N. The predicted molar refractivity (Wildman–Crippen MR) is 74.7 cm³/mol. The molecule has 1 aliphatic carbocycles. The maximum atomic E-state index is 2.51. The van der Waals surface area contributed by atoms with Crippen molar-refractivity contribution in [1.82, 2.24) is 4.90 Å². The van der Waals surface area contributed by atoms with Gasteiger partial charge in [-0.3, -0.25) is 0 Å². The molecule has 0 N–H and O–H groups in total. The van der Waals surface area contributed by atoms with Gasteiger partial charge in [0.15, 0.2) is 0 Å². The smallest absolute Gasteiger partial charge is 0.0576 e. The molecule has 2 unspecified atom stereocenters. The van der Waals surface area contributed by atoms with Crippen molar-refractivity contribution >= 4 is 0 Å². The van der Waals surface area contributed by atoms with Crippen molar-refractivity contribution in [3.63, 3.8) is 0 Å². The van der Waals surface area contributed by atoms with E-state index in [0.29, 0.717) is 12.0 Å². The van der Waals surface area contributed by atoms with Crippen molar-refractivity contribution in [3.05, 3.63) is 36.1 Å². The fraction of sp³-hybridized carbons (Fsp3) is 0.625. The summed E-state index contributed by atoms with van der Waals surface area (Å²) < 4.78 is 0. The minimum absolute atomic E-state index is 0.186. The van der Waals surface area contributed by atoms with Gasteiger partial charge in [-0.2, -0.15) is 0 Å². The molecule has 0 radical (unpaired) electrons. The molecule has 2 rings (SSSR count). The third-order valence-electron chi connectivity index (χ3n) is 3.70. The Bertz CT molecular complexity index is 385. The maximum absolute atomic E-state index is 2.51. The summed E-state index contributed by atoms with van der Waals surface area (Å²) in [5.74, 6) is 0.555. The molecule has 0 spiro atoms. The molecule has 0 bridgehead atoms. The Morgan fingerprint density at radius 1 is 0.941 bits per heavy atom. The van der Waals surface area contributed by atoms with E-state index in [1.165, 1.54) is 0 Å². The molecule has 1 aliphatic heterocycles. The van der Waals surface area contributed by atoms with Gasteiger partial charge in [-0.25, -0.2) is 0 Å². The van der Waals surface area contributed by atoms with E-state index in [1.807, 2.05) is 0 Å². The van der Waals surface area contributed by atoms with Crippen LogP contribution < -0.4 is 0 Å². The molecule has 0 aromatic rings. The minimum atomic E-state index is 0.186. The van der Waals surface area contributed by atoms with Crippen molar-refractivity contribution in [3.8, 4) is 0 Å². The summed E-state index contributed by atoms with van der Waals surface area (Å²) in [7, 11) is 0. The first kappa shape index (κ1) is 12.5. The summed E-state index contributed by atoms with van der Waals surface area (Å²) in [6.07, 6.45) is 11.5. The summed E-state index contributed by atoms with van der Waals surface area (Å²) in [6.45, 7) is 13.8. The van der Waals surface area contributed by atoms with E-state index >= 15 is 0 Å². The normalized spacial score (nSPS) is 28.4. The highest BCUT2D eigenvalue weighted by Gasteiger charge is 2.41. The Morgan fingerprint density at radius 3 is 2.06 bits per heavy atom. The summed E-state index contributed by atoms with van der Waals surface area (Å²) in [5.41, 5.74) is 1.99. The van der Waals surface area contributed by atoms with Gasteiger partial charge < -0.3 is 4.90 Å². The van der Waals surface area contributed by atoms with E-state index in [9.17, 15) is 0 Å². The van der Waals surface area contributed by atoms with E-state index in [4.69, 9.17) is 0 Å². The van der Waals surface area contributed by atoms with Crippen LogP contribution in [0.1, 0.15) is 41.5 Å². The monoisotopic (exact) mass is 231 g/mol. The maximum Gasteiger partial charge on any atom is 0.0576 e. The van der Waals surface area contributed by atoms with Crippen LogP contribution in [0.5, 0.6) is 0 Å². The van der Waals surface area contributed by atoms with E-state index < -0.39 is 0 Å². The third-order valence-corrected chi connectivity index (χ3v) is 3.70. The van der Waals surface area contributed by atoms with E-state index in [0.717, 1.165) is 0 Å². The first-order chi connectivity index (χ1) is 7.71. The van der Waals surface area contributed by atoms with E-state index in [2.05, 4.69) is 76.9 Å². The molecule has 94 valence electrons. The van der Waals surface area contributed by atoms with Crippen LogP contribution in [0.25, 0.3) is 0 Å². The summed E-state index contributed by atoms with van der Waals surface area (Å²) in [6, 6.07) is 0.509. The largest absolute Gasteiger partial charge is 0.365 e.